The van der Waals surface area contributed by atoms with E-state index in [1.165, 1.54) is 13.3 Å². The molecule has 3 aromatic rings. The Morgan fingerprint density at radius 3 is 2.18 bits per heavy atom. The quantitative estimate of drug-likeness (QED) is 0.202. The molecular weight excluding hydrogens is 488 g/mol. The van der Waals surface area contributed by atoms with E-state index in [-0.39, 0.29) is 18.3 Å². The van der Waals surface area contributed by atoms with Crippen LogP contribution in [0.1, 0.15) is 25.0 Å². The lowest BCUT2D eigenvalue weighted by molar-refractivity contribution is -0.136. The number of hydrogen-bond donors (Lipinski definition) is 3. The van der Waals surface area contributed by atoms with Gasteiger partial charge in [0.05, 0.1) is 19.9 Å². The summed E-state index contributed by atoms with van der Waals surface area (Å²) in [5, 5.41) is 9.10. The fourth-order valence-electron chi connectivity index (χ4n) is 3.31. The van der Waals surface area contributed by atoms with Crippen molar-refractivity contribution in [3.05, 3.63) is 77.9 Å². The van der Waals surface area contributed by atoms with E-state index in [4.69, 9.17) is 14.2 Å². The van der Waals surface area contributed by atoms with E-state index in [0.29, 0.717) is 35.0 Å². The van der Waals surface area contributed by atoms with Crippen LogP contribution in [0.4, 0.5) is 11.4 Å². The summed E-state index contributed by atoms with van der Waals surface area (Å²) in [5.41, 5.74) is 4.81. The molecule has 198 valence electrons. The molecule has 0 atom stereocenters. The molecule has 3 amide bonds. The predicted octanol–water partition coefficient (Wildman–Crippen LogP) is 3.76. The predicted molar refractivity (Wildman–Crippen MR) is 145 cm³/mol. The molecule has 3 N–H and O–H groups in total. The largest absolute Gasteiger partial charge is 0.494 e. The number of anilines is 2. The summed E-state index contributed by atoms with van der Waals surface area (Å²) >= 11 is 0. The Labute approximate surface area is 221 Å². The first-order valence-electron chi connectivity index (χ1n) is 12.0. The van der Waals surface area contributed by atoms with E-state index >= 15 is 0 Å². The zero-order chi connectivity index (χ0) is 27.3. The number of nitrogens with one attached hydrogen (secondary N) is 3. The van der Waals surface area contributed by atoms with Crippen LogP contribution in [0.2, 0.25) is 0 Å². The molecule has 0 fully saturated rings. The smallest absolute Gasteiger partial charge is 0.329 e. The molecule has 0 aliphatic carbocycles. The van der Waals surface area contributed by atoms with Crippen molar-refractivity contribution in [1.29, 1.82) is 0 Å². The average molecular weight is 519 g/mol. The van der Waals surface area contributed by atoms with Gasteiger partial charge in [-0.1, -0.05) is 25.1 Å². The number of carbonyl (C=O) groups is 3. The molecule has 0 aromatic heterocycles. The molecule has 10 nitrogen and oxygen atoms in total. The summed E-state index contributed by atoms with van der Waals surface area (Å²) < 4.78 is 16.4. The third-order valence-electron chi connectivity index (χ3n) is 5.22. The fraction of sp³-hybridized carbons (Fsp3) is 0.214. The van der Waals surface area contributed by atoms with E-state index in [0.717, 1.165) is 12.0 Å². The Morgan fingerprint density at radius 2 is 1.53 bits per heavy atom. The molecular formula is C28H30N4O6. The van der Waals surface area contributed by atoms with Crippen molar-refractivity contribution in [2.45, 2.75) is 20.3 Å². The number of benzene rings is 3. The molecule has 0 spiro atoms. The van der Waals surface area contributed by atoms with Gasteiger partial charge in [-0.05, 0) is 67.4 Å². The van der Waals surface area contributed by atoms with Gasteiger partial charge in [-0.2, -0.15) is 5.10 Å². The molecule has 0 aliphatic heterocycles. The van der Waals surface area contributed by atoms with Crippen LogP contribution in [-0.4, -0.2) is 44.3 Å². The maximum Gasteiger partial charge on any atom is 0.329 e. The number of amides is 3. The van der Waals surface area contributed by atoms with Crippen LogP contribution in [0.3, 0.4) is 0 Å². The molecule has 0 unspecified atom stereocenters. The van der Waals surface area contributed by atoms with Crippen LogP contribution in [-0.2, 0) is 20.8 Å². The number of hydrogen-bond acceptors (Lipinski definition) is 7. The van der Waals surface area contributed by atoms with Crippen molar-refractivity contribution in [2.24, 2.45) is 5.10 Å². The number of hydrazone groups is 1. The first-order valence-corrected chi connectivity index (χ1v) is 12.0. The summed E-state index contributed by atoms with van der Waals surface area (Å²) in [7, 11) is 1.46. The van der Waals surface area contributed by atoms with Crippen molar-refractivity contribution in [3.8, 4) is 17.2 Å². The van der Waals surface area contributed by atoms with Crippen LogP contribution in [0, 0.1) is 0 Å². The molecule has 0 bridgehead atoms. The maximum absolute atomic E-state index is 12.4. The molecule has 0 heterocycles. The number of para-hydroxylation sites is 1. The number of aryl methyl sites for hydroxylation is 1. The van der Waals surface area contributed by atoms with Crippen LogP contribution in [0.15, 0.2) is 71.8 Å². The highest BCUT2D eigenvalue weighted by molar-refractivity contribution is 6.39. The van der Waals surface area contributed by atoms with Crippen molar-refractivity contribution in [3.63, 3.8) is 0 Å². The first kappa shape index (κ1) is 27.7. The standard InChI is InChI=1S/C28H30N4O6/c1-4-19-9-11-22(12-10-19)31-27(34)28(35)32-29-17-20-7-6-8-24(36-3)26(20)38-18-25(33)30-21-13-15-23(16-14-21)37-5-2/h6-17H,4-5,18H2,1-3H3,(H,30,33)(H,31,34)(H,32,35)/b29-17-. The molecule has 0 radical (unpaired) electrons. The molecule has 3 aromatic carbocycles. The Hall–Kier alpha value is -4.86. The van der Waals surface area contributed by atoms with Gasteiger partial charge in [0.25, 0.3) is 5.91 Å². The highest BCUT2D eigenvalue weighted by Gasteiger charge is 2.15. The minimum Gasteiger partial charge on any atom is -0.494 e. The number of ether oxygens (including phenoxy) is 3. The van der Waals surface area contributed by atoms with Gasteiger partial charge in [-0.25, -0.2) is 5.43 Å². The zero-order valence-corrected chi connectivity index (χ0v) is 21.4. The Bertz CT molecular complexity index is 1270. The SMILES string of the molecule is CCOc1ccc(NC(=O)COc2c(/C=N\NC(=O)C(=O)Nc3ccc(CC)cc3)cccc2OC)cc1. The highest BCUT2D eigenvalue weighted by Crippen LogP contribution is 2.30. The number of rotatable bonds is 11. The van der Waals surface area contributed by atoms with Crippen LogP contribution in [0.25, 0.3) is 0 Å². The zero-order valence-electron chi connectivity index (χ0n) is 21.4. The van der Waals surface area contributed by atoms with Crippen molar-refractivity contribution >= 4 is 35.3 Å². The summed E-state index contributed by atoms with van der Waals surface area (Å²) in [4.78, 5) is 36.8. The average Bonchev–Trinajstić information content (AvgIpc) is 2.93. The molecule has 38 heavy (non-hydrogen) atoms. The second-order valence-electron chi connectivity index (χ2n) is 7.88. The van der Waals surface area contributed by atoms with Crippen LogP contribution in [0.5, 0.6) is 17.2 Å². The number of nitrogens with zero attached hydrogens (tertiary/aromatic N) is 1. The normalized spacial score (nSPS) is 10.5. The van der Waals surface area contributed by atoms with Gasteiger partial charge in [-0.3, -0.25) is 14.4 Å². The van der Waals surface area contributed by atoms with Gasteiger partial charge in [0.15, 0.2) is 18.1 Å². The third-order valence-corrected chi connectivity index (χ3v) is 5.22. The minimum absolute atomic E-state index is 0.246. The van der Waals surface area contributed by atoms with Gasteiger partial charge < -0.3 is 24.8 Å². The van der Waals surface area contributed by atoms with Gasteiger partial charge in [-0.15, -0.1) is 0 Å². The minimum atomic E-state index is -0.944. The second kappa shape index (κ2) is 14.0. The lowest BCUT2D eigenvalue weighted by Crippen LogP contribution is -2.32. The summed E-state index contributed by atoms with van der Waals surface area (Å²) in [6.45, 7) is 4.16. The number of carbonyl (C=O) groups excluding carboxylic acids is 3. The van der Waals surface area contributed by atoms with Gasteiger partial charge in [0.2, 0.25) is 0 Å². The summed E-state index contributed by atoms with van der Waals surface area (Å²) in [6, 6.07) is 19.2. The Balaban J connectivity index is 1.58. The van der Waals surface area contributed by atoms with Gasteiger partial charge >= 0.3 is 11.8 Å². The Kier molecular flexibility index (Phi) is 10.2. The van der Waals surface area contributed by atoms with Gasteiger partial charge in [0.1, 0.15) is 5.75 Å². The Morgan fingerprint density at radius 1 is 0.842 bits per heavy atom. The topological polar surface area (TPSA) is 127 Å². The van der Waals surface area contributed by atoms with Crippen molar-refractivity contribution in [2.75, 3.05) is 31.0 Å². The monoisotopic (exact) mass is 518 g/mol. The molecule has 0 saturated heterocycles. The highest BCUT2D eigenvalue weighted by atomic mass is 16.5. The van der Waals surface area contributed by atoms with Gasteiger partial charge in [0, 0.05) is 16.9 Å². The van der Waals surface area contributed by atoms with Crippen molar-refractivity contribution in [1.82, 2.24) is 5.43 Å². The lowest BCUT2D eigenvalue weighted by Gasteiger charge is -2.13. The van der Waals surface area contributed by atoms with E-state index in [1.54, 1.807) is 54.6 Å². The first-order chi connectivity index (χ1) is 18.4. The number of methoxy groups -OCH3 is 1. The molecule has 0 saturated carbocycles. The lowest BCUT2D eigenvalue weighted by atomic mass is 10.1. The maximum atomic E-state index is 12.4. The molecule has 10 heteroatoms. The van der Waals surface area contributed by atoms with E-state index in [2.05, 4.69) is 21.2 Å². The van der Waals surface area contributed by atoms with Crippen LogP contribution >= 0.6 is 0 Å². The van der Waals surface area contributed by atoms with Crippen LogP contribution < -0.4 is 30.3 Å². The van der Waals surface area contributed by atoms with E-state index in [1.807, 2.05) is 26.0 Å². The third kappa shape index (κ3) is 8.09. The van der Waals surface area contributed by atoms with E-state index in [9.17, 15) is 14.4 Å². The summed E-state index contributed by atoms with van der Waals surface area (Å²) in [6.07, 6.45) is 2.16. The molecule has 0 aliphatic rings. The fourth-order valence-corrected chi connectivity index (χ4v) is 3.31. The van der Waals surface area contributed by atoms with Crippen molar-refractivity contribution < 1.29 is 28.6 Å². The summed E-state index contributed by atoms with van der Waals surface area (Å²) in [5.74, 6) is -0.882. The van der Waals surface area contributed by atoms with E-state index < -0.39 is 11.8 Å². The second-order valence-corrected chi connectivity index (χ2v) is 7.88. The molecule has 3 rings (SSSR count).